The summed E-state index contributed by atoms with van der Waals surface area (Å²) in [6.45, 7) is 4.72. The molecular formula is C17H26N2. The molecule has 0 unspecified atom stereocenters. The molecule has 1 saturated carbocycles. The van der Waals surface area contributed by atoms with E-state index in [1.54, 1.807) is 0 Å². The fourth-order valence-electron chi connectivity index (χ4n) is 3.55. The van der Waals surface area contributed by atoms with E-state index < -0.39 is 0 Å². The van der Waals surface area contributed by atoms with E-state index in [0.717, 1.165) is 19.0 Å². The quantitative estimate of drug-likeness (QED) is 0.816. The Hall–Kier alpha value is -1.02. The number of fused-ring (bicyclic) bond motifs is 1. The number of para-hydroxylation sites is 1. The molecule has 1 heterocycles. The van der Waals surface area contributed by atoms with Crippen molar-refractivity contribution in [3.8, 4) is 0 Å². The topological polar surface area (TPSA) is 15.3 Å². The van der Waals surface area contributed by atoms with Crippen LogP contribution in [0, 0.1) is 5.92 Å². The molecule has 1 aromatic carbocycles. The van der Waals surface area contributed by atoms with Gasteiger partial charge in [0.05, 0.1) is 0 Å². The van der Waals surface area contributed by atoms with Gasteiger partial charge in [-0.3, -0.25) is 0 Å². The largest absolute Gasteiger partial charge is 0.370 e. The third-order valence-electron chi connectivity index (χ3n) is 4.70. The average Bonchev–Trinajstić information content (AvgIpc) is 2.88. The molecule has 1 aliphatic heterocycles. The number of hydrogen-bond donors (Lipinski definition) is 1. The molecule has 0 atom stereocenters. The van der Waals surface area contributed by atoms with Crippen molar-refractivity contribution in [2.75, 3.05) is 31.1 Å². The smallest absolute Gasteiger partial charge is 0.0399 e. The van der Waals surface area contributed by atoms with E-state index in [1.165, 1.54) is 62.9 Å². The molecule has 3 rings (SSSR count). The minimum atomic E-state index is 0.944. The molecule has 0 amide bonds. The van der Waals surface area contributed by atoms with E-state index in [4.69, 9.17) is 0 Å². The first-order valence-electron chi connectivity index (χ1n) is 7.97. The van der Waals surface area contributed by atoms with Crippen LogP contribution in [-0.4, -0.2) is 26.2 Å². The van der Waals surface area contributed by atoms with Gasteiger partial charge in [-0.25, -0.2) is 0 Å². The highest BCUT2D eigenvalue weighted by Gasteiger charge is 2.17. The van der Waals surface area contributed by atoms with Crippen LogP contribution in [0.5, 0.6) is 0 Å². The normalized spacial score (nSPS) is 19.7. The van der Waals surface area contributed by atoms with Gasteiger partial charge in [-0.15, -0.1) is 0 Å². The van der Waals surface area contributed by atoms with E-state index in [0.29, 0.717) is 0 Å². The highest BCUT2D eigenvalue weighted by molar-refractivity contribution is 5.57. The van der Waals surface area contributed by atoms with E-state index in [-0.39, 0.29) is 0 Å². The molecule has 1 aromatic rings. The van der Waals surface area contributed by atoms with Crippen LogP contribution in [0.1, 0.15) is 37.7 Å². The number of nitrogens with zero attached hydrogens (tertiary/aromatic N) is 1. The summed E-state index contributed by atoms with van der Waals surface area (Å²) in [5.74, 6) is 0.944. The summed E-state index contributed by atoms with van der Waals surface area (Å²) < 4.78 is 0. The summed E-state index contributed by atoms with van der Waals surface area (Å²) in [7, 11) is 0. The predicted octanol–water partition coefficient (Wildman–Crippen LogP) is 3.22. The molecule has 2 heteroatoms. The molecule has 0 bridgehead atoms. The molecule has 0 spiro atoms. The second kappa shape index (κ2) is 6.42. The first-order valence-corrected chi connectivity index (χ1v) is 7.97. The van der Waals surface area contributed by atoms with Gasteiger partial charge in [-0.1, -0.05) is 37.5 Å². The summed E-state index contributed by atoms with van der Waals surface area (Å²) >= 11 is 0. The molecule has 0 aromatic heterocycles. The van der Waals surface area contributed by atoms with Crippen LogP contribution in [0.4, 0.5) is 5.69 Å². The lowest BCUT2D eigenvalue weighted by atomic mass is 9.89. The predicted molar refractivity (Wildman–Crippen MR) is 81.8 cm³/mol. The number of anilines is 1. The Bertz CT molecular complexity index is 396. The molecule has 0 saturated heterocycles. The monoisotopic (exact) mass is 258 g/mol. The van der Waals surface area contributed by atoms with Gasteiger partial charge in [0.1, 0.15) is 0 Å². The maximum atomic E-state index is 3.67. The highest BCUT2D eigenvalue weighted by Crippen LogP contribution is 2.26. The number of benzene rings is 1. The summed E-state index contributed by atoms with van der Waals surface area (Å²) in [6.07, 6.45) is 8.47. The van der Waals surface area contributed by atoms with E-state index in [2.05, 4.69) is 34.5 Å². The van der Waals surface area contributed by atoms with Crippen molar-refractivity contribution >= 4 is 5.69 Å². The Balaban J connectivity index is 1.39. The van der Waals surface area contributed by atoms with Crippen molar-refractivity contribution in [3.63, 3.8) is 0 Å². The fourth-order valence-corrected chi connectivity index (χ4v) is 3.55. The first-order chi connectivity index (χ1) is 9.43. The molecule has 2 aliphatic rings. The maximum absolute atomic E-state index is 3.67. The molecule has 104 valence electrons. The van der Waals surface area contributed by atoms with Gasteiger partial charge in [0.2, 0.25) is 0 Å². The van der Waals surface area contributed by atoms with Crippen LogP contribution in [0.15, 0.2) is 24.3 Å². The zero-order valence-electron chi connectivity index (χ0n) is 11.9. The standard InChI is InChI=1S/C17H26N2/c1-2-6-15(7-3-1)14-18-11-13-19-12-10-16-8-4-5-9-17(16)19/h4-5,8-9,15,18H,1-3,6-7,10-14H2. The fraction of sp³-hybridized carbons (Fsp3) is 0.647. The van der Waals surface area contributed by atoms with Crippen molar-refractivity contribution in [1.82, 2.24) is 5.32 Å². The van der Waals surface area contributed by atoms with Gasteiger partial charge in [0, 0.05) is 25.3 Å². The van der Waals surface area contributed by atoms with E-state index >= 15 is 0 Å². The number of hydrogen-bond acceptors (Lipinski definition) is 2. The Morgan fingerprint density at radius 3 is 2.84 bits per heavy atom. The van der Waals surface area contributed by atoms with Crippen molar-refractivity contribution in [2.45, 2.75) is 38.5 Å². The van der Waals surface area contributed by atoms with Gasteiger partial charge in [0.15, 0.2) is 0 Å². The molecular weight excluding hydrogens is 232 g/mol. The van der Waals surface area contributed by atoms with Crippen LogP contribution < -0.4 is 10.2 Å². The van der Waals surface area contributed by atoms with Crippen LogP contribution in [0.25, 0.3) is 0 Å². The Morgan fingerprint density at radius 2 is 1.95 bits per heavy atom. The second-order valence-corrected chi connectivity index (χ2v) is 6.07. The van der Waals surface area contributed by atoms with Gasteiger partial charge in [-0.2, -0.15) is 0 Å². The van der Waals surface area contributed by atoms with Crippen molar-refractivity contribution in [2.24, 2.45) is 5.92 Å². The Kier molecular flexibility index (Phi) is 4.39. The van der Waals surface area contributed by atoms with Crippen molar-refractivity contribution in [3.05, 3.63) is 29.8 Å². The molecule has 0 radical (unpaired) electrons. The lowest BCUT2D eigenvalue weighted by molar-refractivity contribution is 0.343. The van der Waals surface area contributed by atoms with Gasteiger partial charge >= 0.3 is 0 Å². The summed E-state index contributed by atoms with van der Waals surface area (Å²) in [6, 6.07) is 8.85. The maximum Gasteiger partial charge on any atom is 0.0399 e. The summed E-state index contributed by atoms with van der Waals surface area (Å²) in [4.78, 5) is 2.53. The van der Waals surface area contributed by atoms with Gasteiger partial charge in [0.25, 0.3) is 0 Å². The minimum absolute atomic E-state index is 0.944. The number of rotatable bonds is 5. The van der Waals surface area contributed by atoms with E-state index in [9.17, 15) is 0 Å². The molecule has 19 heavy (non-hydrogen) atoms. The average molecular weight is 258 g/mol. The second-order valence-electron chi connectivity index (χ2n) is 6.07. The van der Waals surface area contributed by atoms with Gasteiger partial charge < -0.3 is 10.2 Å². The lowest BCUT2D eigenvalue weighted by Gasteiger charge is -2.23. The zero-order valence-corrected chi connectivity index (χ0v) is 11.9. The molecule has 1 aliphatic carbocycles. The lowest BCUT2D eigenvalue weighted by Crippen LogP contribution is -2.33. The molecule has 1 fully saturated rings. The number of nitrogens with one attached hydrogen (secondary N) is 1. The summed E-state index contributed by atoms with van der Waals surface area (Å²) in [5.41, 5.74) is 2.98. The van der Waals surface area contributed by atoms with Crippen LogP contribution in [0.3, 0.4) is 0 Å². The van der Waals surface area contributed by atoms with Crippen LogP contribution >= 0.6 is 0 Å². The first kappa shape index (κ1) is 13.0. The van der Waals surface area contributed by atoms with Crippen LogP contribution in [-0.2, 0) is 6.42 Å². The van der Waals surface area contributed by atoms with Gasteiger partial charge in [-0.05, 0) is 43.4 Å². The third-order valence-corrected chi connectivity index (χ3v) is 4.70. The summed E-state index contributed by atoms with van der Waals surface area (Å²) in [5, 5.41) is 3.67. The third kappa shape index (κ3) is 3.30. The highest BCUT2D eigenvalue weighted by atomic mass is 15.2. The van der Waals surface area contributed by atoms with Crippen molar-refractivity contribution < 1.29 is 0 Å². The molecule has 1 N–H and O–H groups in total. The SMILES string of the molecule is c1ccc2c(c1)CCN2CCNCC1CCCCC1. The van der Waals surface area contributed by atoms with Crippen molar-refractivity contribution in [1.29, 1.82) is 0 Å². The van der Waals surface area contributed by atoms with E-state index in [1.807, 2.05) is 0 Å². The zero-order chi connectivity index (χ0) is 12.9. The minimum Gasteiger partial charge on any atom is -0.370 e. The Labute approximate surface area is 117 Å². The Morgan fingerprint density at radius 1 is 1.11 bits per heavy atom. The van der Waals surface area contributed by atoms with Crippen LogP contribution in [0.2, 0.25) is 0 Å². The molecule has 2 nitrogen and oxygen atoms in total.